The Morgan fingerprint density at radius 1 is 1.11 bits per heavy atom. The zero-order chi connectivity index (χ0) is 14.5. The monoisotopic (exact) mass is 288 g/mol. The molecule has 0 saturated carbocycles. The van der Waals surface area contributed by atoms with E-state index in [-0.39, 0.29) is 13.2 Å². The van der Waals surface area contributed by atoms with Crippen molar-refractivity contribution in [3.8, 4) is 0 Å². The van der Waals surface area contributed by atoms with E-state index >= 15 is 0 Å². The molecule has 0 amide bonds. The standard InChI is InChI=1S/C13H21O5P/c1-4-17-19(16,18-5-2)13(15)12(14)11-8-6-10(3)7-9-11/h6-9,12-15H,4-5H2,1-3H3/t12-,13+/m0/s1. The fourth-order valence-corrected chi connectivity index (χ4v) is 3.28. The third kappa shape index (κ3) is 4.13. The molecule has 0 fully saturated rings. The van der Waals surface area contributed by atoms with Crippen molar-refractivity contribution in [3.63, 3.8) is 0 Å². The summed E-state index contributed by atoms with van der Waals surface area (Å²) < 4.78 is 22.4. The second kappa shape index (κ2) is 7.17. The van der Waals surface area contributed by atoms with Crippen LogP contribution in [0, 0.1) is 6.92 Å². The summed E-state index contributed by atoms with van der Waals surface area (Å²) in [7, 11) is -3.74. The van der Waals surface area contributed by atoms with Crippen LogP contribution in [-0.4, -0.2) is 29.3 Å². The van der Waals surface area contributed by atoms with Gasteiger partial charge in [-0.2, -0.15) is 0 Å². The van der Waals surface area contributed by atoms with Crippen LogP contribution in [0.4, 0.5) is 0 Å². The van der Waals surface area contributed by atoms with Gasteiger partial charge in [0.05, 0.1) is 13.2 Å². The molecular weight excluding hydrogens is 267 g/mol. The lowest BCUT2D eigenvalue weighted by atomic mass is 10.1. The van der Waals surface area contributed by atoms with Gasteiger partial charge in [0, 0.05) is 0 Å². The molecule has 0 radical (unpaired) electrons. The van der Waals surface area contributed by atoms with Crippen LogP contribution >= 0.6 is 7.60 Å². The van der Waals surface area contributed by atoms with Crippen LogP contribution < -0.4 is 0 Å². The molecule has 0 aromatic heterocycles. The highest BCUT2D eigenvalue weighted by Gasteiger charge is 2.39. The maximum Gasteiger partial charge on any atom is 0.361 e. The molecule has 19 heavy (non-hydrogen) atoms. The third-order valence-electron chi connectivity index (χ3n) is 2.64. The average molecular weight is 288 g/mol. The number of benzene rings is 1. The van der Waals surface area contributed by atoms with Crippen molar-refractivity contribution in [2.45, 2.75) is 32.7 Å². The van der Waals surface area contributed by atoms with Gasteiger partial charge in [0.1, 0.15) is 6.10 Å². The summed E-state index contributed by atoms with van der Waals surface area (Å²) >= 11 is 0. The summed E-state index contributed by atoms with van der Waals surface area (Å²) in [5.74, 6) is -1.60. The molecular formula is C13H21O5P. The minimum atomic E-state index is -3.74. The van der Waals surface area contributed by atoms with Crippen LogP contribution in [0.15, 0.2) is 24.3 Å². The molecule has 6 heteroatoms. The Balaban J connectivity index is 2.92. The molecule has 2 atom stereocenters. The fourth-order valence-electron chi connectivity index (χ4n) is 1.66. The average Bonchev–Trinajstić information content (AvgIpc) is 2.38. The maximum absolute atomic E-state index is 12.3. The van der Waals surface area contributed by atoms with Crippen LogP contribution in [-0.2, 0) is 13.6 Å². The van der Waals surface area contributed by atoms with Crippen LogP contribution in [0.3, 0.4) is 0 Å². The third-order valence-corrected chi connectivity index (χ3v) is 4.81. The van der Waals surface area contributed by atoms with Crippen LogP contribution in [0.1, 0.15) is 31.1 Å². The Morgan fingerprint density at radius 3 is 2.00 bits per heavy atom. The molecule has 0 heterocycles. The molecule has 1 aromatic rings. The van der Waals surface area contributed by atoms with E-state index in [0.717, 1.165) is 5.56 Å². The maximum atomic E-state index is 12.3. The van der Waals surface area contributed by atoms with Gasteiger partial charge < -0.3 is 19.3 Å². The van der Waals surface area contributed by atoms with E-state index < -0.39 is 19.5 Å². The Kier molecular flexibility index (Phi) is 6.17. The molecule has 0 aliphatic rings. The largest absolute Gasteiger partial charge is 0.385 e. The molecule has 2 N–H and O–H groups in total. The second-order valence-electron chi connectivity index (χ2n) is 4.14. The van der Waals surface area contributed by atoms with E-state index in [0.29, 0.717) is 5.56 Å². The Labute approximate surface area is 113 Å². The lowest BCUT2D eigenvalue weighted by molar-refractivity contribution is 0.0401. The Bertz CT molecular complexity index is 421. The normalized spacial score (nSPS) is 15.2. The van der Waals surface area contributed by atoms with Gasteiger partial charge in [-0.15, -0.1) is 0 Å². The van der Waals surface area contributed by atoms with Crippen LogP contribution in [0.25, 0.3) is 0 Å². The van der Waals surface area contributed by atoms with Gasteiger partial charge in [0.25, 0.3) is 0 Å². The summed E-state index contributed by atoms with van der Waals surface area (Å²) in [6.45, 7) is 5.48. The zero-order valence-electron chi connectivity index (χ0n) is 11.4. The number of aliphatic hydroxyl groups excluding tert-OH is 2. The van der Waals surface area contributed by atoms with Crippen molar-refractivity contribution in [1.29, 1.82) is 0 Å². The van der Waals surface area contributed by atoms with Gasteiger partial charge in [0.2, 0.25) is 0 Å². The SMILES string of the molecule is CCOP(=O)(OCC)[C@@H](O)[C@@H](O)c1ccc(C)cc1. The summed E-state index contributed by atoms with van der Waals surface area (Å²) in [4.78, 5) is 0. The molecule has 1 aromatic carbocycles. The first kappa shape index (κ1) is 16.3. The van der Waals surface area contributed by atoms with E-state index in [9.17, 15) is 14.8 Å². The van der Waals surface area contributed by atoms with Gasteiger partial charge in [-0.1, -0.05) is 29.8 Å². The number of hydrogen-bond donors (Lipinski definition) is 2. The van der Waals surface area contributed by atoms with Crippen LogP contribution in [0.2, 0.25) is 0 Å². The number of rotatable bonds is 7. The Hall–Kier alpha value is -0.710. The van der Waals surface area contributed by atoms with Gasteiger partial charge in [0.15, 0.2) is 5.85 Å². The minimum Gasteiger partial charge on any atom is -0.385 e. The number of hydrogen-bond acceptors (Lipinski definition) is 5. The van der Waals surface area contributed by atoms with E-state index in [1.54, 1.807) is 38.1 Å². The second-order valence-corrected chi connectivity index (χ2v) is 6.27. The topological polar surface area (TPSA) is 76.0 Å². The first-order valence-corrected chi connectivity index (χ1v) is 7.87. The van der Waals surface area contributed by atoms with Crippen molar-refractivity contribution in [2.75, 3.05) is 13.2 Å². The molecule has 5 nitrogen and oxygen atoms in total. The van der Waals surface area contributed by atoms with Crippen molar-refractivity contribution >= 4 is 7.60 Å². The van der Waals surface area contributed by atoms with E-state index in [4.69, 9.17) is 9.05 Å². The molecule has 108 valence electrons. The fraction of sp³-hybridized carbons (Fsp3) is 0.538. The first-order chi connectivity index (χ1) is 8.94. The minimum absolute atomic E-state index is 0.134. The first-order valence-electron chi connectivity index (χ1n) is 6.26. The highest BCUT2D eigenvalue weighted by Crippen LogP contribution is 2.55. The predicted molar refractivity (Wildman–Crippen MR) is 73.0 cm³/mol. The van der Waals surface area contributed by atoms with E-state index in [1.165, 1.54) is 0 Å². The summed E-state index contributed by atoms with van der Waals surface area (Å²) in [5, 5.41) is 20.1. The quantitative estimate of drug-likeness (QED) is 0.754. The lowest BCUT2D eigenvalue weighted by Crippen LogP contribution is -2.21. The van der Waals surface area contributed by atoms with Gasteiger partial charge in [-0.25, -0.2) is 0 Å². The van der Waals surface area contributed by atoms with E-state index in [2.05, 4.69) is 0 Å². The molecule has 0 saturated heterocycles. The predicted octanol–water partition coefficient (Wildman–Crippen LogP) is 2.61. The highest BCUT2D eigenvalue weighted by molar-refractivity contribution is 7.54. The highest BCUT2D eigenvalue weighted by atomic mass is 31.2. The molecule has 1 rings (SSSR count). The molecule has 0 bridgehead atoms. The van der Waals surface area contributed by atoms with E-state index in [1.807, 2.05) is 6.92 Å². The molecule has 0 unspecified atom stereocenters. The van der Waals surface area contributed by atoms with Crippen molar-refractivity contribution in [3.05, 3.63) is 35.4 Å². The summed E-state index contributed by atoms with van der Waals surface area (Å²) in [6, 6.07) is 6.95. The van der Waals surface area contributed by atoms with Gasteiger partial charge in [-0.3, -0.25) is 4.57 Å². The number of aryl methyl sites for hydroxylation is 1. The van der Waals surface area contributed by atoms with Gasteiger partial charge >= 0.3 is 7.60 Å². The Morgan fingerprint density at radius 2 is 1.58 bits per heavy atom. The van der Waals surface area contributed by atoms with Crippen molar-refractivity contribution in [2.24, 2.45) is 0 Å². The van der Waals surface area contributed by atoms with Gasteiger partial charge in [-0.05, 0) is 26.3 Å². The lowest BCUT2D eigenvalue weighted by Gasteiger charge is -2.26. The smallest absolute Gasteiger partial charge is 0.361 e. The molecule has 0 aliphatic heterocycles. The van der Waals surface area contributed by atoms with Crippen molar-refractivity contribution < 1.29 is 23.8 Å². The van der Waals surface area contributed by atoms with Crippen LogP contribution in [0.5, 0.6) is 0 Å². The zero-order valence-corrected chi connectivity index (χ0v) is 12.3. The number of aliphatic hydroxyl groups is 2. The van der Waals surface area contributed by atoms with Crippen molar-refractivity contribution in [1.82, 2.24) is 0 Å². The molecule has 0 aliphatic carbocycles. The summed E-state index contributed by atoms with van der Waals surface area (Å²) in [6.07, 6.45) is -1.32. The summed E-state index contributed by atoms with van der Waals surface area (Å²) in [5.41, 5.74) is 1.50. The molecule has 0 spiro atoms.